The van der Waals surface area contributed by atoms with E-state index in [1.165, 1.54) is 5.57 Å². The minimum atomic E-state index is 0.818. The third-order valence-electron chi connectivity index (χ3n) is 3.72. The summed E-state index contributed by atoms with van der Waals surface area (Å²) in [6.07, 6.45) is 6.64. The first kappa shape index (κ1) is 14.4. The van der Waals surface area contributed by atoms with E-state index in [0.29, 0.717) is 0 Å². The summed E-state index contributed by atoms with van der Waals surface area (Å²) in [5.74, 6) is 0. The Kier molecular flexibility index (Phi) is 4.63. The zero-order valence-corrected chi connectivity index (χ0v) is 12.6. The number of aryl methyl sites for hydroxylation is 1. The van der Waals surface area contributed by atoms with E-state index < -0.39 is 0 Å². The van der Waals surface area contributed by atoms with Gasteiger partial charge in [-0.05, 0) is 24.5 Å². The van der Waals surface area contributed by atoms with Crippen molar-refractivity contribution in [2.75, 3.05) is 0 Å². The Bertz CT molecular complexity index is 669. The van der Waals surface area contributed by atoms with E-state index in [1.54, 1.807) is 0 Å². The lowest BCUT2D eigenvalue weighted by Crippen LogP contribution is -1.98. The first-order valence-electron chi connectivity index (χ1n) is 7.41. The van der Waals surface area contributed by atoms with Crippen LogP contribution in [0, 0.1) is 11.3 Å². The molecule has 0 radical (unpaired) electrons. The van der Waals surface area contributed by atoms with Gasteiger partial charge in [0, 0.05) is 18.0 Å². The summed E-state index contributed by atoms with van der Waals surface area (Å²) in [7, 11) is 2.06. The maximum Gasteiger partial charge on any atom is 0.102 e. The van der Waals surface area contributed by atoms with E-state index in [4.69, 9.17) is 0 Å². The summed E-state index contributed by atoms with van der Waals surface area (Å²) in [5, 5.41) is 10.6. The smallest absolute Gasteiger partial charge is 0.102 e. The summed E-state index contributed by atoms with van der Waals surface area (Å²) >= 11 is 0. The number of allylic oxidation sites excluding steroid dienone is 2. The Balaban J connectivity index is 2.68. The second-order valence-electron chi connectivity index (χ2n) is 5.18. The van der Waals surface area contributed by atoms with Crippen LogP contribution in [0.15, 0.2) is 30.3 Å². The number of unbranched alkanes of at least 4 members (excludes halogenated alkanes) is 1. The average molecular weight is 266 g/mol. The fourth-order valence-electron chi connectivity index (χ4n) is 2.79. The van der Waals surface area contributed by atoms with Crippen molar-refractivity contribution in [1.82, 2.24) is 4.57 Å². The molecule has 0 saturated carbocycles. The highest BCUT2D eigenvalue weighted by Gasteiger charge is 2.17. The van der Waals surface area contributed by atoms with E-state index in [1.807, 2.05) is 18.2 Å². The Hall–Kier alpha value is -2.01. The van der Waals surface area contributed by atoms with E-state index in [-0.39, 0.29) is 0 Å². The topological polar surface area (TPSA) is 28.7 Å². The highest BCUT2D eigenvalue weighted by molar-refractivity contribution is 5.92. The van der Waals surface area contributed by atoms with Crippen molar-refractivity contribution in [2.45, 2.75) is 39.5 Å². The minimum Gasteiger partial charge on any atom is -0.343 e. The van der Waals surface area contributed by atoms with Crippen LogP contribution in [0.2, 0.25) is 0 Å². The molecule has 0 saturated heterocycles. The zero-order chi connectivity index (χ0) is 14.5. The highest BCUT2D eigenvalue weighted by Crippen LogP contribution is 2.32. The number of para-hydroxylation sites is 1. The lowest BCUT2D eigenvalue weighted by atomic mass is 10.0. The summed E-state index contributed by atoms with van der Waals surface area (Å²) in [4.78, 5) is 0. The van der Waals surface area contributed by atoms with Crippen LogP contribution in [-0.2, 0) is 7.05 Å². The van der Waals surface area contributed by atoms with Crippen molar-refractivity contribution in [1.29, 1.82) is 5.26 Å². The van der Waals surface area contributed by atoms with E-state index >= 15 is 0 Å². The number of hydrogen-bond donors (Lipinski definition) is 0. The molecule has 0 bridgehead atoms. The number of nitrogens with zero attached hydrogens (tertiary/aromatic N) is 2. The Morgan fingerprint density at radius 3 is 2.65 bits per heavy atom. The van der Waals surface area contributed by atoms with Crippen molar-refractivity contribution >= 4 is 16.5 Å². The van der Waals surface area contributed by atoms with Crippen LogP contribution >= 0.6 is 0 Å². The maximum atomic E-state index is 9.58. The molecule has 20 heavy (non-hydrogen) atoms. The fraction of sp³-hybridized carbons (Fsp3) is 0.389. The second kappa shape index (κ2) is 6.43. The molecule has 0 aliphatic carbocycles. The fourth-order valence-corrected chi connectivity index (χ4v) is 2.79. The van der Waals surface area contributed by atoms with Crippen LogP contribution in [0.25, 0.3) is 16.5 Å². The van der Waals surface area contributed by atoms with Gasteiger partial charge in [-0.3, -0.25) is 0 Å². The number of nitriles is 1. The molecule has 2 rings (SSSR count). The second-order valence-corrected chi connectivity index (χ2v) is 5.18. The minimum absolute atomic E-state index is 0.818. The largest absolute Gasteiger partial charge is 0.343 e. The van der Waals surface area contributed by atoms with Gasteiger partial charge in [-0.2, -0.15) is 5.26 Å². The molecule has 2 nitrogen and oxygen atoms in total. The van der Waals surface area contributed by atoms with Crippen molar-refractivity contribution in [3.63, 3.8) is 0 Å². The monoisotopic (exact) mass is 266 g/mol. The van der Waals surface area contributed by atoms with Gasteiger partial charge in [0.15, 0.2) is 0 Å². The van der Waals surface area contributed by atoms with Crippen LogP contribution in [-0.4, -0.2) is 4.57 Å². The molecule has 0 aliphatic heterocycles. The zero-order valence-electron chi connectivity index (χ0n) is 12.6. The molecule has 0 N–H and O–H groups in total. The van der Waals surface area contributed by atoms with Crippen LogP contribution in [0.5, 0.6) is 0 Å². The molecule has 0 atom stereocenters. The standard InChI is InChI=1S/C18H22N2/c1-4-6-10-14(9-5-2)18-16(13-19)15-11-7-8-12-17(15)20(18)3/h7-8,10-12H,4-6,9H2,1-3H3/b14-10+. The van der Waals surface area contributed by atoms with Crippen LogP contribution < -0.4 is 0 Å². The third-order valence-corrected chi connectivity index (χ3v) is 3.72. The molecule has 2 heteroatoms. The van der Waals surface area contributed by atoms with Gasteiger partial charge >= 0.3 is 0 Å². The molecule has 1 aromatic heterocycles. The molecule has 0 aliphatic rings. The van der Waals surface area contributed by atoms with Crippen molar-refractivity contribution < 1.29 is 0 Å². The number of rotatable bonds is 5. The van der Waals surface area contributed by atoms with Crippen LogP contribution in [0.3, 0.4) is 0 Å². The SMILES string of the molecule is CCC/C=C(\CCC)c1c(C#N)c2ccccc2n1C. The summed E-state index contributed by atoms with van der Waals surface area (Å²) in [6.45, 7) is 4.38. The molecule has 1 heterocycles. The molecule has 104 valence electrons. The number of hydrogen-bond acceptors (Lipinski definition) is 1. The summed E-state index contributed by atoms with van der Waals surface area (Å²) in [6, 6.07) is 10.6. The molecule has 2 aromatic rings. The highest BCUT2D eigenvalue weighted by atomic mass is 15.0. The van der Waals surface area contributed by atoms with Gasteiger partial charge in [0.25, 0.3) is 0 Å². The molecular weight excluding hydrogens is 244 g/mol. The molecule has 0 amide bonds. The average Bonchev–Trinajstić information content (AvgIpc) is 2.76. The van der Waals surface area contributed by atoms with Crippen molar-refractivity contribution in [3.8, 4) is 6.07 Å². The Morgan fingerprint density at radius 1 is 1.25 bits per heavy atom. The van der Waals surface area contributed by atoms with Crippen molar-refractivity contribution in [2.24, 2.45) is 7.05 Å². The normalized spacial score (nSPS) is 11.8. The molecule has 0 fully saturated rings. The number of benzene rings is 1. The maximum absolute atomic E-state index is 9.58. The van der Waals surface area contributed by atoms with Crippen LogP contribution in [0.1, 0.15) is 50.8 Å². The summed E-state index contributed by atoms with van der Waals surface area (Å²) in [5.41, 5.74) is 4.37. The predicted molar refractivity (Wildman–Crippen MR) is 85.4 cm³/mol. The van der Waals surface area contributed by atoms with E-state index in [9.17, 15) is 5.26 Å². The van der Waals surface area contributed by atoms with Gasteiger partial charge in [-0.25, -0.2) is 0 Å². The number of aromatic nitrogens is 1. The summed E-state index contributed by atoms with van der Waals surface area (Å²) < 4.78 is 2.17. The van der Waals surface area contributed by atoms with Gasteiger partial charge in [-0.15, -0.1) is 0 Å². The van der Waals surface area contributed by atoms with E-state index in [2.05, 4.69) is 43.7 Å². The Morgan fingerprint density at radius 2 is 2.00 bits per heavy atom. The van der Waals surface area contributed by atoms with Gasteiger partial charge in [0.1, 0.15) is 6.07 Å². The Labute approximate surface area is 121 Å². The van der Waals surface area contributed by atoms with Gasteiger partial charge < -0.3 is 4.57 Å². The predicted octanol–water partition coefficient (Wildman–Crippen LogP) is 5.03. The number of fused-ring (bicyclic) bond motifs is 1. The van der Waals surface area contributed by atoms with Crippen molar-refractivity contribution in [3.05, 3.63) is 41.6 Å². The molecule has 1 aromatic carbocycles. The van der Waals surface area contributed by atoms with Gasteiger partial charge in [0.2, 0.25) is 0 Å². The molecular formula is C18H22N2. The van der Waals surface area contributed by atoms with Gasteiger partial charge in [0.05, 0.1) is 11.3 Å². The van der Waals surface area contributed by atoms with Crippen LogP contribution in [0.4, 0.5) is 0 Å². The third kappa shape index (κ3) is 2.49. The first-order chi connectivity index (χ1) is 9.74. The quantitative estimate of drug-likeness (QED) is 0.745. The first-order valence-corrected chi connectivity index (χ1v) is 7.41. The molecule has 0 spiro atoms. The molecule has 0 unspecified atom stereocenters. The van der Waals surface area contributed by atoms with Gasteiger partial charge in [-0.1, -0.05) is 51.0 Å². The lowest BCUT2D eigenvalue weighted by molar-refractivity contribution is 0.892. The lowest BCUT2D eigenvalue weighted by Gasteiger charge is -2.09. The van der Waals surface area contributed by atoms with E-state index in [0.717, 1.165) is 47.8 Å².